The number of aryl methyl sites for hydroxylation is 1. The predicted molar refractivity (Wildman–Crippen MR) is 73.0 cm³/mol. The highest BCUT2D eigenvalue weighted by Gasteiger charge is 2.28. The van der Waals surface area contributed by atoms with E-state index in [0.717, 1.165) is 18.5 Å². The van der Waals surface area contributed by atoms with Gasteiger partial charge in [0.1, 0.15) is 6.10 Å². The third-order valence-corrected chi connectivity index (χ3v) is 3.63. The van der Waals surface area contributed by atoms with E-state index in [1.807, 2.05) is 20.0 Å². The molecule has 1 aromatic rings. The predicted octanol–water partition coefficient (Wildman–Crippen LogP) is 3.17. The molecule has 0 radical (unpaired) electrons. The van der Waals surface area contributed by atoms with Gasteiger partial charge in [0.25, 0.3) is 0 Å². The molecule has 1 N–H and O–H groups in total. The minimum atomic E-state index is 0.303. The smallest absolute Gasteiger partial charge is 0.225 e. The quantitative estimate of drug-likeness (QED) is 0.893. The second kappa shape index (κ2) is 5.12. The summed E-state index contributed by atoms with van der Waals surface area (Å²) >= 11 is 0. The fraction of sp³-hybridized carbons (Fsp3) is 0.714. The van der Waals surface area contributed by atoms with Gasteiger partial charge in [-0.05, 0) is 38.0 Å². The zero-order valence-electron chi connectivity index (χ0n) is 11.8. The molecule has 0 amide bonds. The highest BCUT2D eigenvalue weighted by atomic mass is 16.5. The van der Waals surface area contributed by atoms with Crippen molar-refractivity contribution in [2.24, 2.45) is 5.41 Å². The van der Waals surface area contributed by atoms with Crippen LogP contribution in [0.15, 0.2) is 6.07 Å². The topological polar surface area (TPSA) is 47.0 Å². The van der Waals surface area contributed by atoms with Gasteiger partial charge in [0.2, 0.25) is 11.8 Å². The molecule has 4 nitrogen and oxygen atoms in total. The van der Waals surface area contributed by atoms with Gasteiger partial charge >= 0.3 is 0 Å². The average molecular weight is 249 g/mol. The van der Waals surface area contributed by atoms with E-state index in [9.17, 15) is 0 Å². The molecule has 4 heteroatoms. The van der Waals surface area contributed by atoms with Crippen molar-refractivity contribution in [3.05, 3.63) is 11.8 Å². The third kappa shape index (κ3) is 3.34. The molecule has 0 saturated heterocycles. The van der Waals surface area contributed by atoms with E-state index < -0.39 is 0 Å². The lowest BCUT2D eigenvalue weighted by atomic mass is 9.76. The fourth-order valence-electron chi connectivity index (χ4n) is 2.37. The van der Waals surface area contributed by atoms with Crippen LogP contribution >= 0.6 is 0 Å². The van der Waals surface area contributed by atoms with Crippen molar-refractivity contribution in [3.8, 4) is 5.88 Å². The van der Waals surface area contributed by atoms with Crippen molar-refractivity contribution in [2.45, 2.75) is 52.6 Å². The van der Waals surface area contributed by atoms with Gasteiger partial charge in [-0.1, -0.05) is 13.8 Å². The van der Waals surface area contributed by atoms with Crippen molar-refractivity contribution in [1.29, 1.82) is 0 Å². The Morgan fingerprint density at radius 3 is 2.56 bits per heavy atom. The number of ether oxygens (including phenoxy) is 1. The molecule has 0 aliphatic heterocycles. The van der Waals surface area contributed by atoms with Crippen LogP contribution in [0.1, 0.15) is 45.2 Å². The normalized spacial score (nSPS) is 19.6. The maximum atomic E-state index is 5.98. The molecule has 1 saturated carbocycles. The van der Waals surface area contributed by atoms with Crippen LogP contribution in [0.4, 0.5) is 5.95 Å². The van der Waals surface area contributed by atoms with Gasteiger partial charge in [0.15, 0.2) is 0 Å². The summed E-state index contributed by atoms with van der Waals surface area (Å²) in [5.74, 6) is 1.32. The van der Waals surface area contributed by atoms with Crippen LogP contribution in [-0.4, -0.2) is 23.1 Å². The van der Waals surface area contributed by atoms with Gasteiger partial charge in [0.05, 0.1) is 0 Å². The molecule has 1 heterocycles. The van der Waals surface area contributed by atoms with Crippen molar-refractivity contribution >= 4 is 5.95 Å². The van der Waals surface area contributed by atoms with E-state index in [4.69, 9.17) is 4.74 Å². The van der Waals surface area contributed by atoms with E-state index in [1.165, 1.54) is 12.8 Å². The lowest BCUT2D eigenvalue weighted by molar-refractivity contribution is 0.0948. The lowest BCUT2D eigenvalue weighted by Crippen LogP contribution is -2.28. The molecule has 1 aromatic heterocycles. The summed E-state index contributed by atoms with van der Waals surface area (Å²) < 4.78 is 5.98. The van der Waals surface area contributed by atoms with Crippen molar-refractivity contribution in [3.63, 3.8) is 0 Å². The van der Waals surface area contributed by atoms with E-state index in [-0.39, 0.29) is 0 Å². The van der Waals surface area contributed by atoms with Gasteiger partial charge in [0, 0.05) is 18.8 Å². The minimum Gasteiger partial charge on any atom is -0.474 e. The van der Waals surface area contributed by atoms with Crippen LogP contribution in [0.2, 0.25) is 0 Å². The molecular formula is C14H23N3O. The molecular weight excluding hydrogens is 226 g/mol. The van der Waals surface area contributed by atoms with Crippen LogP contribution in [0.5, 0.6) is 5.88 Å². The Balaban J connectivity index is 2.00. The number of hydrogen-bond donors (Lipinski definition) is 1. The molecule has 0 unspecified atom stereocenters. The first-order valence-electron chi connectivity index (χ1n) is 6.69. The van der Waals surface area contributed by atoms with Crippen LogP contribution < -0.4 is 10.1 Å². The molecule has 0 atom stereocenters. The Labute approximate surface area is 109 Å². The molecule has 0 spiro atoms. The lowest BCUT2D eigenvalue weighted by Gasteiger charge is -2.34. The third-order valence-electron chi connectivity index (χ3n) is 3.63. The first-order valence-corrected chi connectivity index (χ1v) is 6.69. The van der Waals surface area contributed by atoms with Crippen LogP contribution in [0.3, 0.4) is 0 Å². The summed E-state index contributed by atoms with van der Waals surface area (Å²) in [5, 5.41) is 2.96. The van der Waals surface area contributed by atoms with Gasteiger partial charge in [-0.3, -0.25) is 0 Å². The van der Waals surface area contributed by atoms with E-state index in [2.05, 4.69) is 29.1 Å². The average Bonchev–Trinajstić information content (AvgIpc) is 2.31. The van der Waals surface area contributed by atoms with Crippen molar-refractivity contribution < 1.29 is 4.74 Å². The van der Waals surface area contributed by atoms with E-state index in [0.29, 0.717) is 23.3 Å². The largest absolute Gasteiger partial charge is 0.474 e. The first-order chi connectivity index (χ1) is 8.48. The fourth-order valence-corrected chi connectivity index (χ4v) is 2.37. The summed E-state index contributed by atoms with van der Waals surface area (Å²) in [4.78, 5) is 8.60. The monoisotopic (exact) mass is 249 g/mol. The summed E-state index contributed by atoms with van der Waals surface area (Å²) in [6.07, 6.45) is 4.98. The number of rotatable bonds is 3. The Hall–Kier alpha value is -1.32. The highest BCUT2D eigenvalue weighted by Crippen LogP contribution is 2.36. The Bertz CT molecular complexity index is 408. The maximum Gasteiger partial charge on any atom is 0.225 e. The summed E-state index contributed by atoms with van der Waals surface area (Å²) in [6, 6.07) is 1.90. The van der Waals surface area contributed by atoms with Crippen molar-refractivity contribution in [2.75, 3.05) is 12.4 Å². The first kappa shape index (κ1) is 13.1. The molecule has 2 rings (SSSR count). The second-order valence-electron chi connectivity index (χ2n) is 5.90. The Morgan fingerprint density at radius 1 is 1.28 bits per heavy atom. The number of anilines is 1. The number of nitrogens with one attached hydrogen (secondary N) is 1. The summed E-state index contributed by atoms with van der Waals surface area (Å²) in [7, 11) is 1.82. The summed E-state index contributed by atoms with van der Waals surface area (Å²) in [5.41, 5.74) is 1.40. The Kier molecular flexibility index (Phi) is 3.73. The van der Waals surface area contributed by atoms with Crippen LogP contribution in [0.25, 0.3) is 0 Å². The SMILES string of the molecule is CNc1nc(C)cc(OC2CCC(C)(C)CC2)n1. The summed E-state index contributed by atoms with van der Waals surface area (Å²) in [6.45, 7) is 6.62. The molecule has 100 valence electrons. The zero-order valence-corrected chi connectivity index (χ0v) is 11.8. The van der Waals surface area contributed by atoms with Gasteiger partial charge in [-0.25, -0.2) is 4.98 Å². The van der Waals surface area contributed by atoms with Crippen LogP contribution in [-0.2, 0) is 0 Å². The molecule has 1 aliphatic carbocycles. The molecule has 1 aliphatic rings. The highest BCUT2D eigenvalue weighted by molar-refractivity contribution is 5.29. The molecule has 0 aromatic carbocycles. The number of nitrogens with zero attached hydrogens (tertiary/aromatic N) is 2. The maximum absolute atomic E-state index is 5.98. The number of aromatic nitrogens is 2. The number of hydrogen-bond acceptors (Lipinski definition) is 4. The van der Waals surface area contributed by atoms with Gasteiger partial charge < -0.3 is 10.1 Å². The van der Waals surface area contributed by atoms with Crippen LogP contribution in [0, 0.1) is 12.3 Å². The van der Waals surface area contributed by atoms with E-state index in [1.54, 1.807) is 0 Å². The van der Waals surface area contributed by atoms with Crippen molar-refractivity contribution in [1.82, 2.24) is 9.97 Å². The minimum absolute atomic E-state index is 0.303. The zero-order chi connectivity index (χ0) is 13.2. The van der Waals surface area contributed by atoms with Gasteiger partial charge in [-0.2, -0.15) is 4.98 Å². The van der Waals surface area contributed by atoms with E-state index >= 15 is 0 Å². The standard InChI is InChI=1S/C14H23N3O/c1-10-9-12(17-13(15-4)16-10)18-11-5-7-14(2,3)8-6-11/h9,11H,5-8H2,1-4H3,(H,15,16,17). The second-order valence-corrected chi connectivity index (χ2v) is 5.90. The Morgan fingerprint density at radius 2 is 1.94 bits per heavy atom. The molecule has 18 heavy (non-hydrogen) atoms. The van der Waals surface area contributed by atoms with Gasteiger partial charge in [-0.15, -0.1) is 0 Å². The molecule has 1 fully saturated rings. The molecule has 0 bridgehead atoms.